The Kier molecular flexibility index (Phi) is 2.95. The van der Waals surface area contributed by atoms with Crippen LogP contribution in [0.1, 0.15) is 19.0 Å². The Morgan fingerprint density at radius 2 is 2.00 bits per heavy atom. The van der Waals surface area contributed by atoms with Gasteiger partial charge in [-0.1, -0.05) is 19.1 Å². The van der Waals surface area contributed by atoms with Crippen molar-refractivity contribution in [3.8, 4) is 5.75 Å². The molecule has 4 heteroatoms. The van der Waals surface area contributed by atoms with Crippen LogP contribution >= 0.6 is 0 Å². The number of carbonyl (C=O) groups is 2. The molecule has 0 saturated carbocycles. The van der Waals surface area contributed by atoms with E-state index in [1.54, 1.807) is 13.8 Å². The highest BCUT2D eigenvalue weighted by atomic mass is 16.5. The molecule has 1 N–H and O–H groups in total. The van der Waals surface area contributed by atoms with E-state index in [2.05, 4.69) is 4.98 Å². The molecule has 0 aliphatic rings. The number of ether oxygens (including phenoxy) is 1. The van der Waals surface area contributed by atoms with Crippen molar-refractivity contribution in [2.24, 2.45) is 0 Å². The SMILES string of the molecule is CCC(=O)C(=O)Oc1c(C)[nH]c2ccccc12. The quantitative estimate of drug-likeness (QED) is 0.651. The molecule has 17 heavy (non-hydrogen) atoms. The number of ketones is 1. The lowest BCUT2D eigenvalue weighted by atomic mass is 10.2. The normalized spacial score (nSPS) is 10.5. The Bertz CT molecular complexity index is 583. The van der Waals surface area contributed by atoms with Crippen molar-refractivity contribution in [1.82, 2.24) is 4.98 Å². The van der Waals surface area contributed by atoms with Crippen LogP contribution in [0.15, 0.2) is 24.3 Å². The molecule has 0 aliphatic carbocycles. The molecule has 2 aromatic rings. The van der Waals surface area contributed by atoms with Gasteiger partial charge in [0, 0.05) is 17.3 Å². The Morgan fingerprint density at radius 1 is 1.29 bits per heavy atom. The predicted molar refractivity (Wildman–Crippen MR) is 64.0 cm³/mol. The fourth-order valence-corrected chi connectivity index (χ4v) is 1.68. The molecule has 1 aromatic heterocycles. The number of carbonyl (C=O) groups excluding carboxylic acids is 2. The van der Waals surface area contributed by atoms with Gasteiger partial charge in [-0.05, 0) is 19.1 Å². The maximum Gasteiger partial charge on any atom is 0.380 e. The average Bonchev–Trinajstić information content (AvgIpc) is 2.65. The number of Topliss-reactive ketones (excluding diaryl/α,β-unsaturated/α-hetero) is 1. The lowest BCUT2D eigenvalue weighted by molar-refractivity contribution is -0.146. The number of aryl methyl sites for hydroxylation is 1. The number of rotatable bonds is 3. The van der Waals surface area contributed by atoms with Gasteiger partial charge in [-0.15, -0.1) is 0 Å². The van der Waals surface area contributed by atoms with Crippen LogP contribution in [-0.4, -0.2) is 16.7 Å². The Balaban J connectivity index is 2.39. The van der Waals surface area contributed by atoms with Crippen LogP contribution in [0.3, 0.4) is 0 Å². The van der Waals surface area contributed by atoms with E-state index < -0.39 is 11.8 Å². The summed E-state index contributed by atoms with van der Waals surface area (Å²) in [6.07, 6.45) is 0.153. The van der Waals surface area contributed by atoms with Gasteiger partial charge in [0.15, 0.2) is 5.75 Å². The molecule has 0 unspecified atom stereocenters. The van der Waals surface area contributed by atoms with E-state index in [1.807, 2.05) is 24.3 Å². The monoisotopic (exact) mass is 231 g/mol. The van der Waals surface area contributed by atoms with Crippen LogP contribution < -0.4 is 4.74 Å². The largest absolute Gasteiger partial charge is 0.418 e. The van der Waals surface area contributed by atoms with Gasteiger partial charge in [-0.2, -0.15) is 0 Å². The van der Waals surface area contributed by atoms with Gasteiger partial charge >= 0.3 is 5.97 Å². The molecule has 0 bridgehead atoms. The molecule has 0 radical (unpaired) electrons. The van der Waals surface area contributed by atoms with Crippen LogP contribution in [0.5, 0.6) is 5.75 Å². The number of fused-ring (bicyclic) bond motifs is 1. The minimum absolute atomic E-state index is 0.153. The number of esters is 1. The molecule has 0 saturated heterocycles. The van der Waals surface area contributed by atoms with Crippen LogP contribution in [0.25, 0.3) is 10.9 Å². The Hall–Kier alpha value is -2.10. The molecule has 88 valence electrons. The fourth-order valence-electron chi connectivity index (χ4n) is 1.68. The van der Waals surface area contributed by atoms with E-state index in [9.17, 15) is 9.59 Å². The third-order valence-electron chi connectivity index (χ3n) is 2.58. The Morgan fingerprint density at radius 3 is 2.71 bits per heavy atom. The summed E-state index contributed by atoms with van der Waals surface area (Å²) >= 11 is 0. The highest BCUT2D eigenvalue weighted by Crippen LogP contribution is 2.29. The highest BCUT2D eigenvalue weighted by Gasteiger charge is 2.18. The first-order valence-corrected chi connectivity index (χ1v) is 5.45. The van der Waals surface area contributed by atoms with E-state index in [0.717, 1.165) is 16.6 Å². The summed E-state index contributed by atoms with van der Waals surface area (Å²) in [7, 11) is 0. The van der Waals surface area contributed by atoms with E-state index in [1.165, 1.54) is 0 Å². The van der Waals surface area contributed by atoms with Crippen molar-refractivity contribution in [2.75, 3.05) is 0 Å². The zero-order valence-corrected chi connectivity index (χ0v) is 9.74. The standard InChI is InChI=1S/C13H13NO3/c1-3-11(15)13(16)17-12-8(2)14-10-7-5-4-6-9(10)12/h4-7,14H,3H2,1-2H3. The first-order valence-electron chi connectivity index (χ1n) is 5.45. The summed E-state index contributed by atoms with van der Waals surface area (Å²) in [5, 5.41) is 0.808. The number of H-pyrrole nitrogens is 1. The molecular weight excluding hydrogens is 218 g/mol. The highest BCUT2D eigenvalue weighted by molar-refractivity contribution is 6.34. The molecule has 0 aliphatic heterocycles. The van der Waals surface area contributed by atoms with Crippen LogP contribution in [0.4, 0.5) is 0 Å². The summed E-state index contributed by atoms with van der Waals surface area (Å²) < 4.78 is 5.13. The second-order valence-electron chi connectivity index (χ2n) is 3.79. The van der Waals surface area contributed by atoms with E-state index in [0.29, 0.717) is 5.75 Å². The van der Waals surface area contributed by atoms with Gasteiger partial charge in [0.2, 0.25) is 5.78 Å². The number of hydrogen-bond acceptors (Lipinski definition) is 3. The van der Waals surface area contributed by atoms with E-state index in [4.69, 9.17) is 4.74 Å². The number of para-hydroxylation sites is 1. The van der Waals surface area contributed by atoms with Gasteiger partial charge in [-0.25, -0.2) is 4.79 Å². The number of benzene rings is 1. The second-order valence-corrected chi connectivity index (χ2v) is 3.79. The second kappa shape index (κ2) is 4.41. The van der Waals surface area contributed by atoms with Crippen molar-refractivity contribution in [2.45, 2.75) is 20.3 Å². The number of aromatic nitrogens is 1. The van der Waals surface area contributed by atoms with Gasteiger partial charge in [0.05, 0.1) is 5.69 Å². The fraction of sp³-hybridized carbons (Fsp3) is 0.231. The maximum atomic E-state index is 11.5. The molecule has 2 rings (SSSR count). The third-order valence-corrected chi connectivity index (χ3v) is 2.58. The first-order chi connectivity index (χ1) is 8.13. The number of aromatic amines is 1. The maximum absolute atomic E-state index is 11.5. The zero-order chi connectivity index (χ0) is 12.4. The average molecular weight is 231 g/mol. The van der Waals surface area contributed by atoms with E-state index >= 15 is 0 Å². The summed E-state index contributed by atoms with van der Waals surface area (Å²) in [6, 6.07) is 7.48. The minimum Gasteiger partial charge on any atom is -0.418 e. The van der Waals surface area contributed by atoms with Crippen molar-refractivity contribution < 1.29 is 14.3 Å². The third kappa shape index (κ3) is 2.06. The lowest BCUT2D eigenvalue weighted by Gasteiger charge is -2.02. The number of nitrogens with one attached hydrogen (secondary N) is 1. The molecule has 0 amide bonds. The summed E-state index contributed by atoms with van der Waals surface area (Å²) in [6.45, 7) is 3.44. The molecule has 4 nitrogen and oxygen atoms in total. The van der Waals surface area contributed by atoms with Crippen molar-refractivity contribution in [1.29, 1.82) is 0 Å². The first kappa shape index (κ1) is 11.4. The molecule has 1 aromatic carbocycles. The van der Waals surface area contributed by atoms with Gasteiger partial charge in [0.1, 0.15) is 0 Å². The van der Waals surface area contributed by atoms with Gasteiger partial charge in [0.25, 0.3) is 0 Å². The summed E-state index contributed by atoms with van der Waals surface area (Å²) in [4.78, 5) is 25.8. The predicted octanol–water partition coefficient (Wildman–Crippen LogP) is 2.36. The van der Waals surface area contributed by atoms with Gasteiger partial charge in [-0.3, -0.25) is 4.79 Å². The van der Waals surface area contributed by atoms with Crippen LogP contribution in [0, 0.1) is 6.92 Å². The van der Waals surface area contributed by atoms with Crippen molar-refractivity contribution in [3.63, 3.8) is 0 Å². The molecular formula is C13H13NO3. The van der Waals surface area contributed by atoms with Crippen molar-refractivity contribution >= 4 is 22.7 Å². The van der Waals surface area contributed by atoms with Crippen LogP contribution in [-0.2, 0) is 9.59 Å². The van der Waals surface area contributed by atoms with E-state index in [-0.39, 0.29) is 6.42 Å². The Labute approximate surface area is 98.6 Å². The van der Waals surface area contributed by atoms with Gasteiger partial charge < -0.3 is 9.72 Å². The minimum atomic E-state index is -0.805. The molecule has 0 spiro atoms. The summed E-state index contributed by atoms with van der Waals surface area (Å²) in [5.74, 6) is -0.887. The summed E-state index contributed by atoms with van der Waals surface area (Å²) in [5.41, 5.74) is 1.63. The van der Waals surface area contributed by atoms with Crippen molar-refractivity contribution in [3.05, 3.63) is 30.0 Å². The smallest absolute Gasteiger partial charge is 0.380 e. The topological polar surface area (TPSA) is 59.2 Å². The molecule has 0 atom stereocenters. The zero-order valence-electron chi connectivity index (χ0n) is 9.74. The molecule has 0 fully saturated rings. The number of hydrogen-bond donors (Lipinski definition) is 1. The lowest BCUT2D eigenvalue weighted by Crippen LogP contribution is -2.19. The van der Waals surface area contributed by atoms with Crippen LogP contribution in [0.2, 0.25) is 0 Å². The molecule has 1 heterocycles.